The number of hydrogen-bond donors (Lipinski definition) is 11. The Labute approximate surface area is 285 Å². The van der Waals surface area contributed by atoms with Gasteiger partial charge in [0.25, 0.3) is 11.7 Å². The van der Waals surface area contributed by atoms with Crippen molar-refractivity contribution in [3.05, 3.63) is 59.4 Å². The fraction of sp³-hybridized carbons (Fsp3) is 0.500. The number of nitrogens with two attached hydrogens (primary N) is 6. The second kappa shape index (κ2) is 22.0. The summed E-state index contributed by atoms with van der Waals surface area (Å²) in [5.41, 5.74) is 40.3. The van der Waals surface area contributed by atoms with Gasteiger partial charge in [0.05, 0.1) is 24.2 Å². The van der Waals surface area contributed by atoms with Gasteiger partial charge in [0.1, 0.15) is 5.82 Å². The van der Waals surface area contributed by atoms with Crippen LogP contribution in [0.4, 0.5) is 29.0 Å². The number of rotatable bonds is 24. The van der Waals surface area contributed by atoms with Gasteiger partial charge in [0.15, 0.2) is 0 Å². The second-order valence-electron chi connectivity index (χ2n) is 11.8. The van der Waals surface area contributed by atoms with E-state index in [0.29, 0.717) is 36.5 Å². The topological polar surface area (TPSA) is 259 Å². The summed E-state index contributed by atoms with van der Waals surface area (Å²) in [5, 5.41) is 10.1. The van der Waals surface area contributed by atoms with Crippen LogP contribution >= 0.6 is 0 Å². The number of nitrogens with one attached hydrogen (secondary N) is 5. The number of hydrogen-bond acceptors (Lipinski definition) is 10. The molecule has 48 heavy (non-hydrogen) atoms. The highest BCUT2D eigenvalue weighted by molar-refractivity contribution is 5.96. The van der Waals surface area contributed by atoms with Crippen LogP contribution in [0.15, 0.2) is 42.5 Å². The summed E-state index contributed by atoms with van der Waals surface area (Å²) in [6, 6.07) is 13.9. The molecule has 0 unspecified atom stereocenters. The van der Waals surface area contributed by atoms with Gasteiger partial charge in [-0.25, -0.2) is 0 Å². The predicted molar refractivity (Wildman–Crippen MR) is 199 cm³/mol. The van der Waals surface area contributed by atoms with E-state index in [1.54, 1.807) is 0 Å². The molecule has 0 atom stereocenters. The molecular formula is C34H58N14+2. The van der Waals surface area contributed by atoms with Gasteiger partial charge in [-0.2, -0.15) is 15.0 Å². The molecule has 0 saturated heterocycles. The third-order valence-electron chi connectivity index (χ3n) is 7.68. The Bertz CT molecular complexity index is 1300. The van der Waals surface area contributed by atoms with E-state index in [0.717, 1.165) is 125 Å². The van der Waals surface area contributed by atoms with Gasteiger partial charge < -0.3 is 38.9 Å². The molecule has 0 bridgehead atoms. The quantitative estimate of drug-likeness (QED) is 0.0244. The van der Waals surface area contributed by atoms with E-state index in [4.69, 9.17) is 34.4 Å². The molecule has 0 radical (unpaired) electrons. The first-order valence-electron chi connectivity index (χ1n) is 17.2. The average Bonchev–Trinajstić information content (AvgIpc) is 3.07. The van der Waals surface area contributed by atoms with Crippen LogP contribution < -0.4 is 60.3 Å². The van der Waals surface area contributed by atoms with Gasteiger partial charge in [-0.05, 0) is 107 Å². The van der Waals surface area contributed by atoms with E-state index in [1.807, 2.05) is 36.4 Å². The molecule has 17 N–H and O–H groups in total. The maximum Gasteiger partial charge on any atom is 0.272 e. The van der Waals surface area contributed by atoms with Gasteiger partial charge in [0.2, 0.25) is 11.9 Å². The van der Waals surface area contributed by atoms with E-state index in [2.05, 4.69) is 47.0 Å². The Morgan fingerprint density at radius 1 is 0.583 bits per heavy atom. The molecular weight excluding hydrogens is 604 g/mol. The molecule has 1 heterocycles. The van der Waals surface area contributed by atoms with Crippen molar-refractivity contribution in [2.45, 2.75) is 64.2 Å². The molecule has 262 valence electrons. The van der Waals surface area contributed by atoms with Gasteiger partial charge in [-0.3, -0.25) is 21.5 Å². The van der Waals surface area contributed by atoms with Crippen molar-refractivity contribution < 1.29 is 9.98 Å². The summed E-state index contributed by atoms with van der Waals surface area (Å²) in [4.78, 5) is 19.5. The minimum atomic E-state index is 0.238. The number of aryl methyl sites for hydroxylation is 1. The van der Waals surface area contributed by atoms with Crippen molar-refractivity contribution in [3.8, 4) is 0 Å². The van der Waals surface area contributed by atoms with Crippen molar-refractivity contribution in [2.24, 2.45) is 22.9 Å². The van der Waals surface area contributed by atoms with Gasteiger partial charge >= 0.3 is 0 Å². The van der Waals surface area contributed by atoms with E-state index >= 15 is 0 Å². The second-order valence-corrected chi connectivity index (χ2v) is 11.8. The molecule has 2 aromatic carbocycles. The molecule has 0 amide bonds. The molecule has 0 fully saturated rings. The van der Waals surface area contributed by atoms with Crippen molar-refractivity contribution in [2.75, 3.05) is 73.2 Å². The van der Waals surface area contributed by atoms with Gasteiger partial charge in [-0.1, -0.05) is 6.42 Å². The molecule has 3 aromatic rings. The third-order valence-corrected chi connectivity index (χ3v) is 7.68. The molecule has 3 rings (SSSR count). The highest BCUT2D eigenvalue weighted by atomic mass is 15.2. The fourth-order valence-electron chi connectivity index (χ4n) is 5.00. The molecule has 14 heteroatoms. The zero-order chi connectivity index (χ0) is 34.4. The molecule has 0 aliphatic carbocycles. The Balaban J connectivity index is 1.32. The molecule has 0 aliphatic rings. The first kappa shape index (κ1) is 37.8. The largest absolute Gasteiger partial charge is 0.399 e. The predicted octanol–water partition coefficient (Wildman–Crippen LogP) is -0.785. The van der Waals surface area contributed by atoms with E-state index in [1.165, 1.54) is 0 Å². The van der Waals surface area contributed by atoms with Crippen molar-refractivity contribution >= 4 is 40.6 Å². The number of unbranched alkanes of at least 4 members (excludes halogenated alkanes) is 5. The maximum absolute atomic E-state index is 6.32. The third kappa shape index (κ3) is 14.8. The van der Waals surface area contributed by atoms with Crippen LogP contribution in [-0.2, 0) is 6.42 Å². The zero-order valence-electron chi connectivity index (χ0n) is 28.4. The van der Waals surface area contributed by atoms with E-state index < -0.39 is 0 Å². The summed E-state index contributed by atoms with van der Waals surface area (Å²) >= 11 is 0. The summed E-state index contributed by atoms with van der Waals surface area (Å²) < 4.78 is 0. The average molecular weight is 663 g/mol. The molecule has 0 aliphatic heterocycles. The fourth-order valence-corrected chi connectivity index (χ4v) is 5.00. The molecule has 1 aromatic heterocycles. The van der Waals surface area contributed by atoms with Crippen LogP contribution in [0.1, 0.15) is 74.7 Å². The van der Waals surface area contributed by atoms with Gasteiger partial charge in [0, 0.05) is 43.1 Å². The van der Waals surface area contributed by atoms with Crippen LogP contribution in [0, 0.1) is 0 Å². The lowest BCUT2D eigenvalue weighted by atomic mass is 10.1. The number of benzene rings is 2. The smallest absolute Gasteiger partial charge is 0.272 e. The Morgan fingerprint density at radius 3 is 1.67 bits per heavy atom. The highest BCUT2D eigenvalue weighted by Crippen LogP contribution is 2.20. The lowest BCUT2D eigenvalue weighted by Gasteiger charge is -2.11. The summed E-state index contributed by atoms with van der Waals surface area (Å²) in [5.74, 6) is 2.75. The number of amidine groups is 2. The molecule has 14 nitrogen and oxygen atoms in total. The first-order valence-corrected chi connectivity index (χ1v) is 17.2. The summed E-state index contributed by atoms with van der Waals surface area (Å²) in [6.45, 7) is 5.39. The Morgan fingerprint density at radius 2 is 1.10 bits per heavy atom. The standard InChI is InChI=1S/C34H56N14/c35-15-3-1-2-10-30-46-33(40)48-34(47-30)45-21-9-8-20-44-32(39)26-13-11-25(12-14-26)31(38)43-19-7-6-18-42-29-23-27(37)22-28(24-29)41-17-5-4-16-36/h11-14,22-24,41-42H,1-10,15-21,35-37H2,(H2,38,43)(H2,39,44)(H3,40,45,46,47,48)/p+2. The van der Waals surface area contributed by atoms with Crippen LogP contribution in [0.5, 0.6) is 0 Å². The number of aromatic nitrogens is 3. The lowest BCUT2D eigenvalue weighted by Crippen LogP contribution is -2.76. The van der Waals surface area contributed by atoms with Crippen LogP contribution in [0.3, 0.4) is 0 Å². The van der Waals surface area contributed by atoms with Crippen molar-refractivity contribution in [3.63, 3.8) is 0 Å². The van der Waals surface area contributed by atoms with E-state index in [9.17, 15) is 0 Å². The van der Waals surface area contributed by atoms with Gasteiger partial charge in [-0.15, -0.1) is 0 Å². The number of nitrogen functional groups attached to an aromatic ring is 4. The number of nitrogens with zero attached hydrogens (tertiary/aromatic N) is 3. The number of anilines is 5. The van der Waals surface area contributed by atoms with Crippen LogP contribution in [0.2, 0.25) is 0 Å². The lowest BCUT2D eigenvalue weighted by molar-refractivity contribution is -0.458. The molecule has 0 spiro atoms. The minimum absolute atomic E-state index is 0.238. The van der Waals surface area contributed by atoms with Crippen molar-refractivity contribution in [1.29, 1.82) is 0 Å². The van der Waals surface area contributed by atoms with Crippen LogP contribution in [0.25, 0.3) is 0 Å². The minimum Gasteiger partial charge on any atom is -0.399 e. The van der Waals surface area contributed by atoms with Crippen LogP contribution in [-0.4, -0.2) is 72.4 Å². The SMILES string of the molecule is NCCCCCc1nc(N)nc(NCCCC[NH+]=C(N)c2ccc(C(N)=[NH+]CCCCNc3cc(N)cc(NCCCCN)c3)cc2)n1. The molecule has 0 saturated carbocycles. The monoisotopic (exact) mass is 662 g/mol. The summed E-state index contributed by atoms with van der Waals surface area (Å²) in [6.07, 6.45) is 9.64. The normalized spacial score (nSPS) is 11.9. The van der Waals surface area contributed by atoms with E-state index in [-0.39, 0.29) is 5.95 Å². The maximum atomic E-state index is 6.32. The highest BCUT2D eigenvalue weighted by Gasteiger charge is 2.09. The van der Waals surface area contributed by atoms with Crippen molar-refractivity contribution in [1.82, 2.24) is 15.0 Å². The Hall–Kier alpha value is -4.69. The Kier molecular flexibility index (Phi) is 17.3. The zero-order valence-corrected chi connectivity index (χ0v) is 28.4. The first-order chi connectivity index (χ1) is 23.4. The summed E-state index contributed by atoms with van der Waals surface area (Å²) in [7, 11) is 0.